The van der Waals surface area contributed by atoms with E-state index in [2.05, 4.69) is 10.1 Å². The second-order valence-corrected chi connectivity index (χ2v) is 10.1. The lowest BCUT2D eigenvalue weighted by Crippen LogP contribution is -2.35. The minimum Gasteiger partial charge on any atom is -0.490 e. The molecule has 2 aliphatic heterocycles. The van der Waals surface area contributed by atoms with Crippen LogP contribution in [0, 0.1) is 5.41 Å². The zero-order valence-corrected chi connectivity index (χ0v) is 23.0. The van der Waals surface area contributed by atoms with Gasteiger partial charge in [-0.2, -0.15) is 15.1 Å². The molecule has 2 aliphatic rings. The van der Waals surface area contributed by atoms with Gasteiger partial charge in [-0.3, -0.25) is 10.2 Å². The average molecular weight is 581 g/mol. The largest absolute Gasteiger partial charge is 0.490 e. The van der Waals surface area contributed by atoms with E-state index < -0.39 is 5.91 Å². The maximum atomic E-state index is 12.9. The highest BCUT2D eigenvalue weighted by Crippen LogP contribution is 2.39. The lowest BCUT2D eigenvalue weighted by Gasteiger charge is -2.20. The summed E-state index contributed by atoms with van der Waals surface area (Å²) in [5.41, 5.74) is 1.41. The molecule has 0 saturated carbocycles. The Bertz CT molecular complexity index is 1530. The molecule has 0 aromatic heterocycles. The number of ether oxygens (including phenoxy) is 3. The Balaban J connectivity index is 1.36. The van der Waals surface area contributed by atoms with Gasteiger partial charge in [0.05, 0.1) is 17.2 Å². The topological polar surface area (TPSA) is 96.6 Å². The number of fused-ring (bicyclic) bond motifs is 1. The lowest BCUT2D eigenvalue weighted by atomic mass is 10.1. The van der Waals surface area contributed by atoms with Crippen molar-refractivity contribution >= 4 is 63.0 Å². The number of carbonyl (C=O) groups excluding carboxylic acids is 1. The van der Waals surface area contributed by atoms with E-state index in [0.717, 1.165) is 5.56 Å². The zero-order chi connectivity index (χ0) is 27.4. The number of amides is 1. The van der Waals surface area contributed by atoms with Gasteiger partial charge in [-0.05, 0) is 60.7 Å². The highest BCUT2D eigenvalue weighted by Gasteiger charge is 2.36. The normalized spacial score (nSPS) is 15.7. The molecule has 0 radical (unpaired) electrons. The Morgan fingerprint density at radius 2 is 1.74 bits per heavy atom. The van der Waals surface area contributed by atoms with E-state index in [1.807, 2.05) is 55.5 Å². The second-order valence-electron chi connectivity index (χ2n) is 8.26. The fourth-order valence-electron chi connectivity index (χ4n) is 3.76. The van der Waals surface area contributed by atoms with Crippen LogP contribution in [0.25, 0.3) is 6.08 Å². The first kappa shape index (κ1) is 26.8. The van der Waals surface area contributed by atoms with E-state index >= 15 is 0 Å². The minimum absolute atomic E-state index is 0.0663. The fourth-order valence-corrected chi connectivity index (χ4v) is 5.02. The first-order valence-corrected chi connectivity index (χ1v) is 13.5. The third kappa shape index (κ3) is 6.11. The van der Waals surface area contributed by atoms with Gasteiger partial charge in [-0.15, -0.1) is 0 Å². The summed E-state index contributed by atoms with van der Waals surface area (Å²) >= 11 is 14.0. The Labute approximate surface area is 239 Å². The predicted molar refractivity (Wildman–Crippen MR) is 155 cm³/mol. The summed E-state index contributed by atoms with van der Waals surface area (Å²) in [6.45, 7) is 2.60. The van der Waals surface area contributed by atoms with E-state index in [-0.39, 0.29) is 29.6 Å². The second kappa shape index (κ2) is 11.9. The van der Waals surface area contributed by atoms with Crippen molar-refractivity contribution in [2.45, 2.75) is 13.5 Å². The van der Waals surface area contributed by atoms with Crippen molar-refractivity contribution in [2.75, 3.05) is 13.2 Å². The third-order valence-electron chi connectivity index (χ3n) is 5.57. The van der Waals surface area contributed by atoms with Crippen LogP contribution in [0.15, 0.2) is 82.4 Å². The van der Waals surface area contributed by atoms with Gasteiger partial charge >= 0.3 is 0 Å². The van der Waals surface area contributed by atoms with Crippen LogP contribution in [-0.4, -0.2) is 40.2 Å². The Morgan fingerprint density at radius 1 is 0.974 bits per heavy atom. The van der Waals surface area contributed by atoms with E-state index in [0.29, 0.717) is 44.7 Å². The van der Waals surface area contributed by atoms with Crippen LogP contribution in [0.2, 0.25) is 10.0 Å². The van der Waals surface area contributed by atoms with Crippen LogP contribution in [0.3, 0.4) is 0 Å². The molecule has 0 atom stereocenters. The molecule has 5 rings (SSSR count). The van der Waals surface area contributed by atoms with Crippen LogP contribution in [0.5, 0.6) is 17.2 Å². The van der Waals surface area contributed by atoms with Crippen LogP contribution < -0.4 is 14.2 Å². The average Bonchev–Trinajstić information content (AvgIpc) is 3.34. The summed E-state index contributed by atoms with van der Waals surface area (Å²) < 4.78 is 17.5. The molecule has 11 heteroatoms. The summed E-state index contributed by atoms with van der Waals surface area (Å²) in [5.74, 6) is 0.806. The lowest BCUT2D eigenvalue weighted by molar-refractivity contribution is -0.114. The molecule has 0 aliphatic carbocycles. The molecule has 3 aromatic carbocycles. The molecule has 3 aromatic rings. The molecule has 0 spiro atoms. The monoisotopic (exact) mass is 580 g/mol. The number of hydrogen-bond acceptors (Lipinski definition) is 7. The number of thioether (sulfide) groups is 1. The molecule has 0 saturated heterocycles. The Kier molecular flexibility index (Phi) is 8.21. The number of nitrogens with zero attached hydrogens (tertiary/aromatic N) is 3. The van der Waals surface area contributed by atoms with E-state index in [4.69, 9.17) is 42.8 Å². The molecule has 1 N–H and O–H groups in total. The van der Waals surface area contributed by atoms with Gasteiger partial charge in [-0.25, -0.2) is 0 Å². The first-order chi connectivity index (χ1) is 18.9. The van der Waals surface area contributed by atoms with Gasteiger partial charge in [0.25, 0.3) is 5.91 Å². The Morgan fingerprint density at radius 3 is 2.51 bits per heavy atom. The summed E-state index contributed by atoms with van der Waals surface area (Å²) in [4.78, 5) is 17.0. The van der Waals surface area contributed by atoms with Crippen molar-refractivity contribution in [1.82, 2.24) is 5.01 Å². The van der Waals surface area contributed by atoms with Crippen molar-refractivity contribution in [2.24, 2.45) is 10.1 Å². The van der Waals surface area contributed by atoms with Crippen molar-refractivity contribution in [3.8, 4) is 17.2 Å². The number of nitrogens with one attached hydrogen (secondary N) is 1. The number of para-hydroxylation sites is 1. The van der Waals surface area contributed by atoms with Gasteiger partial charge in [0.1, 0.15) is 24.0 Å². The number of aliphatic imine (C=N–C) groups is 1. The summed E-state index contributed by atoms with van der Waals surface area (Å²) in [7, 11) is 0. The number of hydrogen-bond donors (Lipinski definition) is 1. The van der Waals surface area contributed by atoms with Gasteiger partial charge in [0.15, 0.2) is 17.3 Å². The molecular weight excluding hydrogens is 559 g/mol. The number of benzene rings is 3. The highest BCUT2D eigenvalue weighted by atomic mass is 35.5. The van der Waals surface area contributed by atoms with Gasteiger partial charge in [0.2, 0.25) is 5.17 Å². The number of amidine groups is 2. The molecule has 39 heavy (non-hydrogen) atoms. The standard InChI is InChI=1S/C28H22Cl2N4O4S/c1-2-36-23-14-17(13-22(30)25(23)38-15-18-8-6-7-11-21(18)29)12-20-26(31)34-28(32-27(20)35)39-24(33-34)16-37-19-9-4-3-5-10-19/h3-14,31H,2,15-16H2,1H3/b20-12-,31-26?. The van der Waals surface area contributed by atoms with Crippen LogP contribution >= 0.6 is 35.0 Å². The van der Waals surface area contributed by atoms with E-state index in [1.165, 1.54) is 22.8 Å². The van der Waals surface area contributed by atoms with Gasteiger partial charge < -0.3 is 14.2 Å². The van der Waals surface area contributed by atoms with Crippen LogP contribution in [-0.2, 0) is 11.4 Å². The smallest absolute Gasteiger partial charge is 0.283 e. The maximum absolute atomic E-state index is 12.9. The zero-order valence-electron chi connectivity index (χ0n) is 20.7. The minimum atomic E-state index is -0.549. The molecule has 198 valence electrons. The highest BCUT2D eigenvalue weighted by molar-refractivity contribution is 8.27. The first-order valence-electron chi connectivity index (χ1n) is 11.9. The van der Waals surface area contributed by atoms with Gasteiger partial charge in [-0.1, -0.05) is 59.6 Å². The van der Waals surface area contributed by atoms with Crippen molar-refractivity contribution in [3.05, 3.63) is 93.5 Å². The number of rotatable bonds is 9. The number of halogens is 2. The van der Waals surface area contributed by atoms with Gasteiger partial charge in [0, 0.05) is 10.6 Å². The van der Waals surface area contributed by atoms with Crippen molar-refractivity contribution < 1.29 is 19.0 Å². The fraction of sp³-hybridized carbons (Fsp3) is 0.143. The molecule has 0 bridgehead atoms. The molecule has 1 amide bonds. The molecule has 2 heterocycles. The molecule has 0 fully saturated rings. The molecule has 8 nitrogen and oxygen atoms in total. The van der Waals surface area contributed by atoms with E-state index in [1.54, 1.807) is 18.2 Å². The summed E-state index contributed by atoms with van der Waals surface area (Å²) in [6.07, 6.45) is 1.54. The Hall–Kier alpha value is -3.79. The third-order valence-corrected chi connectivity index (χ3v) is 7.11. The molecular formula is C28H22Cl2N4O4S. The quantitative estimate of drug-likeness (QED) is 0.284. The molecule has 0 unspecified atom stereocenters. The number of carbonyl (C=O) groups is 1. The summed E-state index contributed by atoms with van der Waals surface area (Å²) in [5, 5.41) is 16.2. The predicted octanol–water partition coefficient (Wildman–Crippen LogP) is 6.67. The number of hydrazone groups is 1. The van der Waals surface area contributed by atoms with Crippen LogP contribution in [0.1, 0.15) is 18.1 Å². The SMILES string of the molecule is CCOc1cc(/C=C2/C(=N)N3N=C(COc4ccccc4)SC3=NC2=O)cc(Cl)c1OCc1ccccc1Cl. The van der Waals surface area contributed by atoms with Crippen molar-refractivity contribution in [3.63, 3.8) is 0 Å². The van der Waals surface area contributed by atoms with Crippen molar-refractivity contribution in [1.29, 1.82) is 5.41 Å². The van der Waals surface area contributed by atoms with Crippen LogP contribution in [0.4, 0.5) is 0 Å². The van der Waals surface area contributed by atoms with E-state index in [9.17, 15) is 4.79 Å². The summed E-state index contributed by atoms with van der Waals surface area (Å²) in [6, 6.07) is 20.0. The maximum Gasteiger partial charge on any atom is 0.283 e.